The van der Waals surface area contributed by atoms with Gasteiger partial charge >= 0.3 is 9.28 Å². The van der Waals surface area contributed by atoms with Gasteiger partial charge in [0.1, 0.15) is 0 Å². The third-order valence-corrected chi connectivity index (χ3v) is 4.92. The summed E-state index contributed by atoms with van der Waals surface area (Å²) in [5, 5.41) is 0. The van der Waals surface area contributed by atoms with E-state index < -0.39 is 9.28 Å². The maximum absolute atomic E-state index is 11.5. The number of rotatable bonds is 7. The lowest BCUT2D eigenvalue weighted by atomic mass is 10.0. The first-order valence-corrected chi connectivity index (χ1v) is 7.96. The predicted octanol–water partition coefficient (Wildman–Crippen LogP) is 3.02. The summed E-state index contributed by atoms with van der Waals surface area (Å²) in [6.45, 7) is 11.1. The summed E-state index contributed by atoms with van der Waals surface area (Å²) in [5.41, 5.74) is 0.164. The minimum atomic E-state index is -1.81. The number of unbranched alkanes of at least 4 members (excludes halogenated alkanes) is 1. The molecule has 4 heteroatoms. The van der Waals surface area contributed by atoms with Gasteiger partial charge in [-0.3, -0.25) is 4.79 Å². The Balaban J connectivity index is 4.06. The van der Waals surface area contributed by atoms with Crippen LogP contribution in [0.4, 0.5) is 0 Å². The van der Waals surface area contributed by atoms with Gasteiger partial charge in [0.25, 0.3) is 5.97 Å². The van der Waals surface area contributed by atoms with Crippen molar-refractivity contribution < 1.29 is 13.6 Å². The van der Waals surface area contributed by atoms with E-state index in [2.05, 4.69) is 27.7 Å². The molecule has 0 fully saturated rings. The predicted molar refractivity (Wildman–Crippen MR) is 68.7 cm³/mol. The van der Waals surface area contributed by atoms with Crippen molar-refractivity contribution in [3.05, 3.63) is 0 Å². The average Bonchev–Trinajstić information content (AvgIpc) is 2.12. The molecule has 96 valence electrons. The molecule has 0 aliphatic rings. The average molecular weight is 246 g/mol. The lowest BCUT2D eigenvalue weighted by Gasteiger charge is -2.23. The molecule has 0 aliphatic heterocycles. The second-order valence-electron chi connectivity index (χ2n) is 5.24. The summed E-state index contributed by atoms with van der Waals surface area (Å²) in [6, 6.07) is 0.874. The second kappa shape index (κ2) is 7.85. The molecular formula is C12H26O3Si. The van der Waals surface area contributed by atoms with Crippen molar-refractivity contribution in [1.82, 2.24) is 0 Å². The first kappa shape index (κ1) is 15.6. The standard InChI is InChI=1S/C12H26O3Si/c1-6-8-9-11(13)15-16(14-7-2)10-12(3,4)5/h16H,6-10H2,1-5H3. The maximum atomic E-state index is 11.5. The summed E-state index contributed by atoms with van der Waals surface area (Å²) in [4.78, 5) is 11.5. The first-order chi connectivity index (χ1) is 7.39. The Labute approximate surface area is 101 Å². The van der Waals surface area contributed by atoms with Crippen LogP contribution in [0.2, 0.25) is 6.04 Å². The van der Waals surface area contributed by atoms with Gasteiger partial charge in [0.05, 0.1) is 0 Å². The van der Waals surface area contributed by atoms with Crippen LogP contribution < -0.4 is 0 Å². The van der Waals surface area contributed by atoms with E-state index in [-0.39, 0.29) is 11.4 Å². The van der Waals surface area contributed by atoms with E-state index in [4.69, 9.17) is 8.85 Å². The highest BCUT2D eigenvalue weighted by molar-refractivity contribution is 6.46. The largest absolute Gasteiger partial charge is 0.497 e. The molecule has 0 rings (SSSR count). The maximum Gasteiger partial charge on any atom is 0.385 e. The van der Waals surface area contributed by atoms with E-state index in [0.717, 1.165) is 18.9 Å². The summed E-state index contributed by atoms with van der Waals surface area (Å²) in [6.07, 6.45) is 2.45. The van der Waals surface area contributed by atoms with Gasteiger partial charge in [-0.15, -0.1) is 0 Å². The van der Waals surface area contributed by atoms with Crippen molar-refractivity contribution in [2.75, 3.05) is 6.61 Å². The Morgan fingerprint density at radius 1 is 1.25 bits per heavy atom. The molecule has 0 radical (unpaired) electrons. The fraction of sp³-hybridized carbons (Fsp3) is 0.917. The van der Waals surface area contributed by atoms with Crippen LogP contribution in [-0.2, 0) is 13.6 Å². The van der Waals surface area contributed by atoms with Crippen LogP contribution in [0.5, 0.6) is 0 Å². The SMILES string of the molecule is CCCCC(=O)O[SiH](CC(C)(C)C)OCC. The Hall–Kier alpha value is -0.353. The van der Waals surface area contributed by atoms with Crippen LogP contribution in [0, 0.1) is 5.41 Å². The highest BCUT2D eigenvalue weighted by Crippen LogP contribution is 2.22. The van der Waals surface area contributed by atoms with Gasteiger partial charge in [-0.25, -0.2) is 0 Å². The zero-order valence-corrected chi connectivity index (χ0v) is 12.5. The fourth-order valence-electron chi connectivity index (χ4n) is 1.35. The van der Waals surface area contributed by atoms with Gasteiger partial charge in [-0.2, -0.15) is 0 Å². The van der Waals surface area contributed by atoms with Gasteiger partial charge in [-0.1, -0.05) is 34.1 Å². The molecule has 0 heterocycles. The van der Waals surface area contributed by atoms with E-state index in [0.29, 0.717) is 13.0 Å². The molecule has 0 amide bonds. The van der Waals surface area contributed by atoms with Crippen molar-refractivity contribution in [2.45, 2.75) is 59.9 Å². The lowest BCUT2D eigenvalue weighted by molar-refractivity contribution is -0.136. The molecule has 3 nitrogen and oxygen atoms in total. The molecule has 16 heavy (non-hydrogen) atoms. The molecule has 0 bridgehead atoms. The number of hydrogen-bond donors (Lipinski definition) is 0. The van der Waals surface area contributed by atoms with Crippen LogP contribution in [0.25, 0.3) is 0 Å². The molecule has 0 aromatic rings. The van der Waals surface area contributed by atoms with Crippen molar-refractivity contribution in [3.8, 4) is 0 Å². The molecule has 0 aromatic carbocycles. The topological polar surface area (TPSA) is 35.5 Å². The Morgan fingerprint density at radius 3 is 2.31 bits per heavy atom. The summed E-state index contributed by atoms with van der Waals surface area (Å²) in [5.74, 6) is -0.0868. The third-order valence-electron chi connectivity index (χ3n) is 2.13. The quantitative estimate of drug-likeness (QED) is 0.648. The van der Waals surface area contributed by atoms with E-state index in [9.17, 15) is 4.79 Å². The van der Waals surface area contributed by atoms with Crippen molar-refractivity contribution >= 4 is 15.3 Å². The summed E-state index contributed by atoms with van der Waals surface area (Å²) >= 11 is 0. The van der Waals surface area contributed by atoms with Crippen LogP contribution in [-0.4, -0.2) is 21.9 Å². The normalized spacial score (nSPS) is 13.6. The van der Waals surface area contributed by atoms with E-state index in [1.165, 1.54) is 0 Å². The summed E-state index contributed by atoms with van der Waals surface area (Å²) < 4.78 is 11.0. The van der Waals surface area contributed by atoms with Crippen LogP contribution in [0.3, 0.4) is 0 Å². The zero-order valence-electron chi connectivity index (χ0n) is 11.3. The van der Waals surface area contributed by atoms with Gasteiger partial charge in [0.2, 0.25) is 0 Å². The highest BCUT2D eigenvalue weighted by Gasteiger charge is 2.25. The molecule has 0 aliphatic carbocycles. The fourth-order valence-corrected chi connectivity index (χ4v) is 3.40. The Morgan fingerprint density at radius 2 is 1.88 bits per heavy atom. The molecule has 1 atom stereocenters. The van der Waals surface area contributed by atoms with Crippen LogP contribution in [0.15, 0.2) is 0 Å². The van der Waals surface area contributed by atoms with E-state index in [1.807, 2.05) is 6.92 Å². The van der Waals surface area contributed by atoms with Crippen molar-refractivity contribution in [3.63, 3.8) is 0 Å². The van der Waals surface area contributed by atoms with E-state index >= 15 is 0 Å². The third kappa shape index (κ3) is 8.92. The number of carbonyl (C=O) groups excluding carboxylic acids is 1. The lowest BCUT2D eigenvalue weighted by Crippen LogP contribution is -2.30. The van der Waals surface area contributed by atoms with E-state index in [1.54, 1.807) is 0 Å². The monoisotopic (exact) mass is 246 g/mol. The smallest absolute Gasteiger partial charge is 0.385 e. The number of carbonyl (C=O) groups is 1. The Bertz CT molecular complexity index is 199. The summed E-state index contributed by atoms with van der Waals surface area (Å²) in [7, 11) is -1.81. The molecule has 0 aromatic heterocycles. The van der Waals surface area contributed by atoms with Gasteiger partial charge < -0.3 is 8.85 Å². The number of hydrogen-bond acceptors (Lipinski definition) is 3. The van der Waals surface area contributed by atoms with Gasteiger partial charge in [-0.05, 0) is 18.8 Å². The molecule has 0 N–H and O–H groups in total. The molecule has 0 saturated heterocycles. The van der Waals surface area contributed by atoms with Crippen LogP contribution in [0.1, 0.15) is 53.9 Å². The molecule has 0 spiro atoms. The van der Waals surface area contributed by atoms with Gasteiger partial charge in [0.15, 0.2) is 0 Å². The molecular weight excluding hydrogens is 220 g/mol. The highest BCUT2D eigenvalue weighted by atomic mass is 28.3. The minimum Gasteiger partial charge on any atom is -0.497 e. The van der Waals surface area contributed by atoms with Gasteiger partial charge in [0, 0.05) is 19.1 Å². The van der Waals surface area contributed by atoms with Crippen molar-refractivity contribution in [2.24, 2.45) is 5.41 Å². The zero-order chi connectivity index (χ0) is 12.6. The van der Waals surface area contributed by atoms with Crippen molar-refractivity contribution in [1.29, 1.82) is 0 Å². The Kier molecular flexibility index (Phi) is 7.67. The first-order valence-electron chi connectivity index (χ1n) is 6.20. The molecule has 0 saturated carbocycles. The minimum absolute atomic E-state index is 0.0868. The molecule has 1 unspecified atom stereocenters. The van der Waals surface area contributed by atoms with Crippen LogP contribution >= 0.6 is 0 Å². The second-order valence-corrected chi connectivity index (χ2v) is 7.08.